The summed E-state index contributed by atoms with van der Waals surface area (Å²) in [5, 5.41) is 6.60. The van der Waals surface area contributed by atoms with Gasteiger partial charge in [0.2, 0.25) is 0 Å². The number of pyridine rings is 1. The second-order valence-electron chi connectivity index (χ2n) is 10.2. The third-order valence-corrected chi connectivity index (χ3v) is 11.6. The predicted molar refractivity (Wildman–Crippen MR) is 130 cm³/mol. The molecule has 1 aromatic carbocycles. The number of ether oxygens (including phenoxy) is 1. The van der Waals surface area contributed by atoms with Gasteiger partial charge in [0.1, 0.15) is 11.6 Å². The van der Waals surface area contributed by atoms with E-state index in [0.29, 0.717) is 29.6 Å². The summed E-state index contributed by atoms with van der Waals surface area (Å²) >= 11 is 6.24. The van der Waals surface area contributed by atoms with Crippen molar-refractivity contribution in [1.29, 1.82) is 0 Å². The maximum Gasteiger partial charge on any atom is 0.320 e. The highest BCUT2D eigenvalue weighted by Crippen LogP contribution is 2.53. The number of carbonyl (C=O) groups excluding carboxylic acids is 1. The molecule has 0 unspecified atom stereocenters. The fourth-order valence-electron chi connectivity index (χ4n) is 3.77. The number of anilines is 1. The van der Waals surface area contributed by atoms with E-state index in [0.717, 1.165) is 24.1 Å². The number of hydrogen-bond donors (Lipinski definition) is 2. The Balaban J connectivity index is 1.45. The normalized spacial score (nSPS) is 19.5. The summed E-state index contributed by atoms with van der Waals surface area (Å²) in [5.74, 6) is 1.16. The zero-order chi connectivity index (χ0) is 23.1. The first-order valence-electron chi connectivity index (χ1n) is 11.2. The number of hydrogen-bond acceptors (Lipinski definition) is 4. The molecule has 1 atom stereocenters. The number of amides is 2. The SMILES string of the molecule is CC(C)(C)[Si](C)(C)OC1(c2cccc(NC(=O)N[C@H]3CCOc4c(Cl)cccc43)n2)CC1. The number of rotatable bonds is 5. The van der Waals surface area contributed by atoms with Gasteiger partial charge in [0, 0.05) is 12.0 Å². The van der Waals surface area contributed by atoms with Crippen molar-refractivity contribution in [2.75, 3.05) is 11.9 Å². The predicted octanol–water partition coefficient (Wildman–Crippen LogP) is 6.39. The Labute approximate surface area is 196 Å². The second kappa shape index (κ2) is 8.36. The Morgan fingerprint density at radius 1 is 1.22 bits per heavy atom. The maximum atomic E-state index is 12.8. The van der Waals surface area contributed by atoms with Crippen molar-refractivity contribution in [3.8, 4) is 5.75 Å². The minimum absolute atomic E-state index is 0.126. The van der Waals surface area contributed by atoms with Gasteiger partial charge in [-0.3, -0.25) is 5.32 Å². The van der Waals surface area contributed by atoms with Crippen LogP contribution in [0.4, 0.5) is 10.6 Å². The van der Waals surface area contributed by atoms with E-state index in [1.165, 1.54) is 0 Å². The zero-order valence-electron chi connectivity index (χ0n) is 19.4. The quantitative estimate of drug-likeness (QED) is 0.493. The Morgan fingerprint density at radius 3 is 2.62 bits per heavy atom. The van der Waals surface area contributed by atoms with E-state index in [1.54, 1.807) is 12.1 Å². The fraction of sp³-hybridized carbons (Fsp3) is 0.500. The van der Waals surface area contributed by atoms with Crippen molar-refractivity contribution in [3.63, 3.8) is 0 Å². The summed E-state index contributed by atoms with van der Waals surface area (Å²) in [6, 6.07) is 10.8. The number of carbonyl (C=O) groups is 1. The number of nitrogens with zero attached hydrogens (tertiary/aromatic N) is 1. The lowest BCUT2D eigenvalue weighted by molar-refractivity contribution is 0.154. The van der Waals surface area contributed by atoms with Gasteiger partial charge in [-0.2, -0.15) is 0 Å². The topological polar surface area (TPSA) is 72.5 Å². The first-order valence-corrected chi connectivity index (χ1v) is 14.5. The second-order valence-corrected chi connectivity index (χ2v) is 15.3. The van der Waals surface area contributed by atoms with Crippen LogP contribution in [-0.4, -0.2) is 25.9 Å². The molecular formula is C24H32ClN3O3Si. The zero-order valence-corrected chi connectivity index (χ0v) is 21.2. The van der Waals surface area contributed by atoms with Crippen LogP contribution in [0.2, 0.25) is 23.2 Å². The Kier molecular flexibility index (Phi) is 6.03. The Bertz CT molecular complexity index is 1020. The molecule has 172 valence electrons. The number of benzene rings is 1. The van der Waals surface area contributed by atoms with Crippen molar-refractivity contribution in [2.45, 2.75) is 69.8 Å². The van der Waals surface area contributed by atoms with Gasteiger partial charge in [-0.1, -0.05) is 50.6 Å². The van der Waals surface area contributed by atoms with Gasteiger partial charge in [0.05, 0.1) is 29.0 Å². The van der Waals surface area contributed by atoms with Gasteiger partial charge in [-0.05, 0) is 49.2 Å². The molecule has 1 aromatic heterocycles. The van der Waals surface area contributed by atoms with Gasteiger partial charge < -0.3 is 14.5 Å². The molecule has 1 fully saturated rings. The molecule has 2 aromatic rings. The van der Waals surface area contributed by atoms with Crippen LogP contribution in [0.15, 0.2) is 36.4 Å². The molecule has 0 spiro atoms. The lowest BCUT2D eigenvalue weighted by Gasteiger charge is -2.39. The third-order valence-electron chi connectivity index (χ3n) is 6.75. The molecule has 4 rings (SSSR count). The molecule has 0 bridgehead atoms. The van der Waals surface area contributed by atoms with Crippen molar-refractivity contribution in [1.82, 2.24) is 10.3 Å². The summed E-state index contributed by atoms with van der Waals surface area (Å²) in [5.41, 5.74) is 1.46. The Hall–Kier alpha value is -2.09. The molecule has 2 aliphatic rings. The Morgan fingerprint density at radius 2 is 1.94 bits per heavy atom. The molecule has 0 radical (unpaired) electrons. The van der Waals surface area contributed by atoms with E-state index in [9.17, 15) is 4.79 Å². The lowest BCUT2D eigenvalue weighted by Crippen LogP contribution is -2.44. The number of aromatic nitrogens is 1. The highest BCUT2D eigenvalue weighted by molar-refractivity contribution is 6.74. The van der Waals surface area contributed by atoms with Crippen LogP contribution in [-0.2, 0) is 10.0 Å². The third kappa shape index (κ3) is 4.65. The average Bonchev–Trinajstić information content (AvgIpc) is 3.48. The van der Waals surface area contributed by atoms with Gasteiger partial charge in [-0.15, -0.1) is 0 Å². The highest BCUT2D eigenvalue weighted by atomic mass is 35.5. The van der Waals surface area contributed by atoms with Gasteiger partial charge >= 0.3 is 6.03 Å². The molecule has 32 heavy (non-hydrogen) atoms. The molecule has 2 heterocycles. The summed E-state index contributed by atoms with van der Waals surface area (Å²) in [6.07, 6.45) is 2.60. The van der Waals surface area contributed by atoms with Gasteiger partial charge in [0.25, 0.3) is 0 Å². The van der Waals surface area contributed by atoms with Crippen LogP contribution in [0.1, 0.15) is 57.3 Å². The smallest absolute Gasteiger partial charge is 0.320 e. The van der Waals surface area contributed by atoms with Crippen LogP contribution in [0.5, 0.6) is 5.75 Å². The van der Waals surface area contributed by atoms with Crippen LogP contribution in [0.3, 0.4) is 0 Å². The molecule has 1 aliphatic carbocycles. The molecular weight excluding hydrogens is 442 g/mol. The molecule has 6 nitrogen and oxygen atoms in total. The lowest BCUT2D eigenvalue weighted by atomic mass is 10.0. The van der Waals surface area contributed by atoms with E-state index in [4.69, 9.17) is 25.7 Å². The van der Waals surface area contributed by atoms with Crippen molar-refractivity contribution >= 4 is 31.8 Å². The minimum atomic E-state index is -1.94. The number of nitrogens with one attached hydrogen (secondary N) is 2. The van der Waals surface area contributed by atoms with Crippen LogP contribution in [0.25, 0.3) is 0 Å². The summed E-state index contributed by atoms with van der Waals surface area (Å²) in [6.45, 7) is 11.8. The first kappa shape index (κ1) is 23.1. The molecule has 1 aliphatic heterocycles. The number of halogens is 1. The van der Waals surface area contributed by atoms with Gasteiger partial charge in [0.15, 0.2) is 8.32 Å². The van der Waals surface area contributed by atoms with E-state index in [-0.39, 0.29) is 22.7 Å². The van der Waals surface area contributed by atoms with E-state index >= 15 is 0 Å². The molecule has 2 N–H and O–H groups in total. The van der Waals surface area contributed by atoms with Crippen LogP contribution in [0, 0.1) is 0 Å². The van der Waals surface area contributed by atoms with Crippen molar-refractivity contribution in [3.05, 3.63) is 52.7 Å². The van der Waals surface area contributed by atoms with Crippen LogP contribution >= 0.6 is 11.6 Å². The molecule has 1 saturated carbocycles. The molecule has 0 saturated heterocycles. The minimum Gasteiger partial charge on any atom is -0.492 e. The molecule has 8 heteroatoms. The fourth-order valence-corrected chi connectivity index (χ4v) is 5.60. The largest absolute Gasteiger partial charge is 0.492 e. The molecule has 2 amide bonds. The summed E-state index contributed by atoms with van der Waals surface area (Å²) in [7, 11) is -1.94. The average molecular weight is 474 g/mol. The standard InChI is InChI=1S/C24H32ClN3O3Si/c1-23(2,3)32(4,5)31-24(13-14-24)19-10-7-11-20(27-19)28-22(29)26-18-12-15-30-21-16(18)8-6-9-17(21)25/h6-11,18H,12-15H2,1-5H3,(H2,26,27,28,29)/t18-/m0/s1. The monoisotopic (exact) mass is 473 g/mol. The maximum absolute atomic E-state index is 12.8. The summed E-state index contributed by atoms with van der Waals surface area (Å²) in [4.78, 5) is 17.5. The van der Waals surface area contributed by atoms with Crippen molar-refractivity contribution < 1.29 is 14.0 Å². The highest BCUT2D eigenvalue weighted by Gasteiger charge is 2.53. The number of fused-ring (bicyclic) bond motifs is 1. The van der Waals surface area contributed by atoms with Gasteiger partial charge in [-0.25, -0.2) is 9.78 Å². The van der Waals surface area contributed by atoms with E-state index < -0.39 is 8.32 Å². The van der Waals surface area contributed by atoms with E-state index in [2.05, 4.69) is 44.5 Å². The van der Waals surface area contributed by atoms with Crippen LogP contribution < -0.4 is 15.4 Å². The number of urea groups is 1. The van der Waals surface area contributed by atoms with E-state index in [1.807, 2.05) is 24.3 Å². The van der Waals surface area contributed by atoms with Crippen molar-refractivity contribution in [2.24, 2.45) is 0 Å². The number of para-hydroxylation sites is 1. The summed E-state index contributed by atoms with van der Waals surface area (Å²) < 4.78 is 12.4. The first-order chi connectivity index (χ1) is 15.0.